The third-order valence-corrected chi connectivity index (χ3v) is 2.39. The quantitative estimate of drug-likeness (QED) is 0.410. The van der Waals surface area contributed by atoms with Gasteiger partial charge in [-0.05, 0) is 32.0 Å². The van der Waals surface area contributed by atoms with Gasteiger partial charge in [0.05, 0.1) is 6.61 Å². The summed E-state index contributed by atoms with van der Waals surface area (Å²) in [7, 11) is -4.61. The Balaban J connectivity index is -0.000000211. The first kappa shape index (κ1) is 26.8. The molecule has 4 nitrogen and oxygen atoms in total. The average molecular weight is 320 g/mol. The smallest absolute Gasteiger partial charge is 1.00 e. The first-order valence-electron chi connectivity index (χ1n) is 3.79. The van der Waals surface area contributed by atoms with Gasteiger partial charge >= 0.3 is 46.1 Å². The van der Waals surface area contributed by atoms with E-state index in [0.29, 0.717) is 12.4 Å². The number of benzene rings is 1. The summed E-state index contributed by atoms with van der Waals surface area (Å²) in [4.78, 5) is 21.1. The van der Waals surface area contributed by atoms with Crippen LogP contribution in [0.25, 0.3) is 0 Å². The molecule has 0 heterocycles. The van der Waals surface area contributed by atoms with E-state index < -0.39 is 7.60 Å². The van der Waals surface area contributed by atoms with Gasteiger partial charge in [0.15, 0.2) is 0 Å². The van der Waals surface area contributed by atoms with Gasteiger partial charge < -0.3 is 43.9 Å². The molecule has 0 saturated heterocycles. The minimum Gasteiger partial charge on any atom is -1.00 e. The molecule has 17 heavy (non-hydrogen) atoms. The van der Waals surface area contributed by atoms with Crippen LogP contribution in [0.1, 0.15) is 6.92 Å². The number of rotatable bonds is 3. The van der Waals surface area contributed by atoms with Crippen LogP contribution in [0.2, 0.25) is 0 Å². The predicted molar refractivity (Wildman–Crippen MR) is 56.4 cm³/mol. The monoisotopic (exact) mass is 318 g/mol. The second-order valence-electron chi connectivity index (χ2n) is 2.42. The van der Waals surface area contributed by atoms with Crippen LogP contribution in [0.4, 0.5) is 0 Å². The fourth-order valence-corrected chi connectivity index (χ4v) is 1.41. The number of hydrogen-bond donors (Lipinski definition) is 0. The van der Waals surface area contributed by atoms with E-state index in [2.05, 4.69) is 0 Å². The Labute approximate surface area is 145 Å². The number of halogens is 2. The molecular weight excluding hydrogens is 311 g/mol. The molecule has 0 bridgehead atoms. The third kappa shape index (κ3) is 9.81. The fourth-order valence-electron chi connectivity index (χ4n) is 0.892. The van der Waals surface area contributed by atoms with Crippen LogP contribution in [-0.4, -0.2) is 52.7 Å². The zero-order valence-corrected chi connectivity index (χ0v) is 14.5. The maximum Gasteiger partial charge on any atom is 2.00 e. The van der Waals surface area contributed by atoms with Gasteiger partial charge in [-0.1, -0.05) is 12.1 Å². The van der Waals surface area contributed by atoms with E-state index in [1.165, 1.54) is 24.3 Å². The summed E-state index contributed by atoms with van der Waals surface area (Å²) >= 11 is 0. The van der Waals surface area contributed by atoms with Gasteiger partial charge in [-0.3, -0.25) is 0 Å². The van der Waals surface area contributed by atoms with Gasteiger partial charge in [-0.25, -0.2) is 0 Å². The molecule has 0 atom stereocenters. The summed E-state index contributed by atoms with van der Waals surface area (Å²) in [5.41, 5.74) is 0. The van der Waals surface area contributed by atoms with E-state index in [1.807, 2.05) is 6.92 Å². The van der Waals surface area contributed by atoms with E-state index in [4.69, 9.17) is 4.74 Å². The van der Waals surface area contributed by atoms with Crippen molar-refractivity contribution in [2.24, 2.45) is 0 Å². The van der Waals surface area contributed by atoms with Crippen LogP contribution in [0.3, 0.4) is 0 Å². The first-order valence-corrected chi connectivity index (χ1v) is 5.34. The van der Waals surface area contributed by atoms with Crippen molar-refractivity contribution in [3.05, 3.63) is 24.3 Å². The first-order chi connectivity index (χ1) is 6.04. The van der Waals surface area contributed by atoms with Crippen LogP contribution < -0.4 is 44.6 Å². The molecule has 9 heteroatoms. The number of ether oxygens (including phenoxy) is 1. The maximum absolute atomic E-state index is 10.5. The Bertz CT molecular complexity index is 331. The third-order valence-electron chi connectivity index (χ3n) is 1.46. The van der Waals surface area contributed by atoms with Crippen molar-refractivity contribution >= 4 is 59.0 Å². The summed E-state index contributed by atoms with van der Waals surface area (Å²) in [5.74, 6) is 0.555. The second kappa shape index (κ2) is 12.3. The van der Waals surface area contributed by atoms with Gasteiger partial charge in [0.25, 0.3) is 0 Å². The van der Waals surface area contributed by atoms with Gasteiger partial charge in [0, 0.05) is 0 Å². The largest absolute Gasteiger partial charge is 2.00 e. The molecule has 1 rings (SSSR count). The Hall–Kier alpha value is 1.28. The molecule has 0 aromatic heterocycles. The van der Waals surface area contributed by atoms with E-state index in [9.17, 15) is 14.4 Å². The van der Waals surface area contributed by atoms with Crippen molar-refractivity contribution in [3.63, 3.8) is 0 Å². The van der Waals surface area contributed by atoms with Crippen molar-refractivity contribution in [3.8, 4) is 5.75 Å². The molecule has 0 aliphatic heterocycles. The molecule has 0 radical (unpaired) electrons. The van der Waals surface area contributed by atoms with Crippen molar-refractivity contribution in [1.29, 1.82) is 0 Å². The topological polar surface area (TPSA) is 72.4 Å². The standard InChI is InChI=1S/C8H11O4P.2ClH.2Mg/c1-2-12-7-3-5-8(6-4-7)13(9,10)11;;;;/h3-6H,2H2,1H3,(H2,9,10,11);2*1H;;/q;;;2*+2/p-4. The van der Waals surface area contributed by atoms with Gasteiger partial charge in [-0.15, -0.1) is 0 Å². The zero-order valence-electron chi connectivity index (χ0n) is 9.27. The van der Waals surface area contributed by atoms with Gasteiger partial charge in [-0.2, -0.15) is 0 Å². The van der Waals surface area contributed by atoms with Crippen molar-refractivity contribution < 1.29 is 43.9 Å². The predicted octanol–water partition coefficient (Wildman–Crippen LogP) is -7.13. The maximum atomic E-state index is 10.5. The minimum atomic E-state index is -4.61. The molecule has 0 fully saturated rings. The second-order valence-corrected chi connectivity index (χ2v) is 3.94. The van der Waals surface area contributed by atoms with E-state index >= 15 is 0 Å². The summed E-state index contributed by atoms with van der Waals surface area (Å²) in [6, 6.07) is 5.40. The SMILES string of the molecule is CCOc1ccc(P(=O)([O-])[O-])cc1.[Cl-].[Cl-].[Mg+2].[Mg+2]. The number of hydrogen-bond acceptors (Lipinski definition) is 4. The van der Waals surface area contributed by atoms with E-state index in [1.54, 1.807) is 0 Å². The van der Waals surface area contributed by atoms with Crippen LogP contribution in [0.15, 0.2) is 24.3 Å². The van der Waals surface area contributed by atoms with Crippen molar-refractivity contribution in [2.45, 2.75) is 6.92 Å². The summed E-state index contributed by atoms with van der Waals surface area (Å²) in [6.45, 7) is 2.33. The Morgan fingerprint density at radius 3 is 1.82 bits per heavy atom. The van der Waals surface area contributed by atoms with Crippen LogP contribution in [0, 0.1) is 0 Å². The zero-order chi connectivity index (χ0) is 9.90. The molecule has 0 aliphatic carbocycles. The molecule has 0 saturated carbocycles. The summed E-state index contributed by atoms with van der Waals surface area (Å²) in [5, 5.41) is -0.212. The molecule has 0 aliphatic rings. The minimum absolute atomic E-state index is 0. The van der Waals surface area contributed by atoms with Gasteiger partial charge in [0.1, 0.15) is 5.75 Å². The summed E-state index contributed by atoms with van der Waals surface area (Å²) in [6.07, 6.45) is 0. The van der Waals surface area contributed by atoms with Crippen LogP contribution >= 0.6 is 7.60 Å². The van der Waals surface area contributed by atoms with Crippen molar-refractivity contribution in [2.75, 3.05) is 6.61 Å². The average Bonchev–Trinajstić information content (AvgIpc) is 2.04. The summed E-state index contributed by atoms with van der Waals surface area (Å²) < 4.78 is 15.6. The Kier molecular flexibility index (Phi) is 19.4. The molecule has 0 amide bonds. The molecule has 1 aromatic rings. The Morgan fingerprint density at radius 2 is 1.53 bits per heavy atom. The molecular formula is C8H9Cl2Mg2O4P. The van der Waals surface area contributed by atoms with Crippen LogP contribution in [0.5, 0.6) is 5.75 Å². The molecule has 0 N–H and O–H groups in total. The van der Waals surface area contributed by atoms with Gasteiger partial charge in [0.2, 0.25) is 0 Å². The fraction of sp³-hybridized carbons (Fsp3) is 0.250. The molecule has 0 spiro atoms. The van der Waals surface area contributed by atoms with Crippen molar-refractivity contribution in [1.82, 2.24) is 0 Å². The van der Waals surface area contributed by atoms with Crippen LogP contribution in [-0.2, 0) is 4.57 Å². The molecule has 1 aromatic carbocycles. The molecule has 0 unspecified atom stereocenters. The Morgan fingerprint density at radius 1 is 1.12 bits per heavy atom. The van der Waals surface area contributed by atoms with E-state index in [-0.39, 0.29) is 76.2 Å². The normalized spacial score (nSPS) is 8.65. The van der Waals surface area contributed by atoms with E-state index in [0.717, 1.165) is 0 Å². The molecule has 88 valence electrons.